The summed E-state index contributed by atoms with van der Waals surface area (Å²) in [5.41, 5.74) is -1.25. The minimum Gasteiger partial charge on any atom is -0.484 e. The molecule has 4 heterocycles. The van der Waals surface area contributed by atoms with Crippen molar-refractivity contribution in [2.45, 2.75) is 140 Å². The summed E-state index contributed by atoms with van der Waals surface area (Å²) < 4.78 is 84.1. The molecule has 0 radical (unpaired) electrons. The molecule has 328 valence electrons. The van der Waals surface area contributed by atoms with Crippen LogP contribution in [-0.4, -0.2) is 89.9 Å². The smallest absolute Gasteiger partial charge is 0.422 e. The second-order valence-electron chi connectivity index (χ2n) is 18.9. The molecule has 3 aliphatic heterocycles. The van der Waals surface area contributed by atoms with E-state index in [0.29, 0.717) is 72.9 Å². The van der Waals surface area contributed by atoms with Gasteiger partial charge in [0.05, 0.1) is 35.5 Å². The van der Waals surface area contributed by atoms with Crippen LogP contribution in [0.3, 0.4) is 0 Å². The van der Waals surface area contributed by atoms with Gasteiger partial charge in [0.1, 0.15) is 28.7 Å². The number of alkyl halides is 3. The van der Waals surface area contributed by atoms with Crippen molar-refractivity contribution in [2.24, 2.45) is 17.3 Å². The maximum Gasteiger partial charge on any atom is 0.422 e. The van der Waals surface area contributed by atoms with E-state index in [2.05, 4.69) is 15.0 Å². The lowest BCUT2D eigenvalue weighted by molar-refractivity contribution is -0.153. The zero-order valence-electron chi connectivity index (χ0n) is 34.8. The molecule has 2 aliphatic carbocycles. The molecule has 13 nitrogen and oxygen atoms in total. The number of fused-ring (bicyclic) bond motifs is 5. The van der Waals surface area contributed by atoms with Crippen LogP contribution in [0.5, 0.6) is 11.5 Å². The molecule has 7 rings (SSSR count). The predicted molar refractivity (Wildman–Crippen MR) is 214 cm³/mol. The van der Waals surface area contributed by atoms with Crippen molar-refractivity contribution in [3.05, 3.63) is 41.6 Å². The van der Waals surface area contributed by atoms with Gasteiger partial charge in [-0.2, -0.15) is 13.2 Å². The first-order valence-corrected chi connectivity index (χ1v) is 22.3. The number of carbonyl (C=O) groups is 4. The number of pyridine rings is 1. The van der Waals surface area contributed by atoms with E-state index in [1.165, 1.54) is 17.0 Å². The minimum absolute atomic E-state index is 0.00594. The van der Waals surface area contributed by atoms with E-state index in [9.17, 15) is 40.8 Å². The van der Waals surface area contributed by atoms with Crippen LogP contribution in [0.15, 0.2) is 30.4 Å². The molecule has 1 aromatic heterocycles. The quantitative estimate of drug-likeness (QED) is 0.232. The lowest BCUT2D eigenvalue weighted by atomic mass is 9.87. The Morgan fingerprint density at radius 2 is 1.82 bits per heavy atom. The highest BCUT2D eigenvalue weighted by Crippen LogP contribution is 2.49. The summed E-state index contributed by atoms with van der Waals surface area (Å²) in [5, 5.41) is 3.46. The molecule has 1 aromatic carbocycles. The van der Waals surface area contributed by atoms with Crippen LogP contribution in [0.4, 0.5) is 13.2 Å². The van der Waals surface area contributed by atoms with Gasteiger partial charge in [-0.05, 0) is 88.8 Å². The molecule has 5 atom stereocenters. The molecule has 60 heavy (non-hydrogen) atoms. The standard InChI is InChI=1S/C43H55F3N4O9S/c1-26-35-30(31-20-29(13-14-32(31)47-26)57-25-43(44,45)46)15-16-41(59-35)22-33-36(52)48-42(38(54)49-60(55,56)40(5)17-18-40)21-28(42)12-10-8-6-7-9-11-27(37(53)50(33)23-41)19-34(51)58-24-39(2,3)4/h10,12-14,20,27-28,33H,6-9,11,15-19,21-25H2,1-5H3,(H,48,52)(H,49,54)/b12-10-/t27-,28-,33+,41-,42-/m1/s1. The van der Waals surface area contributed by atoms with Gasteiger partial charge in [0.25, 0.3) is 5.91 Å². The van der Waals surface area contributed by atoms with Gasteiger partial charge in [-0.15, -0.1) is 0 Å². The van der Waals surface area contributed by atoms with Crippen molar-refractivity contribution in [2.75, 3.05) is 19.8 Å². The number of esters is 1. The number of halogens is 3. The van der Waals surface area contributed by atoms with Gasteiger partial charge < -0.3 is 24.4 Å². The Kier molecular flexibility index (Phi) is 11.5. The van der Waals surface area contributed by atoms with Crippen LogP contribution >= 0.6 is 0 Å². The molecule has 5 aliphatic rings. The van der Waals surface area contributed by atoms with E-state index in [1.807, 2.05) is 32.9 Å². The van der Waals surface area contributed by atoms with Crippen LogP contribution in [0.1, 0.15) is 110 Å². The first-order chi connectivity index (χ1) is 28.0. The number of rotatable bonds is 8. The Morgan fingerprint density at radius 3 is 2.52 bits per heavy atom. The number of carbonyl (C=O) groups excluding carboxylic acids is 4. The van der Waals surface area contributed by atoms with Gasteiger partial charge in [-0.3, -0.25) is 23.9 Å². The second kappa shape index (κ2) is 15.8. The number of hydrogen-bond donors (Lipinski definition) is 2. The number of allylic oxidation sites excluding steroid dienone is 1. The van der Waals surface area contributed by atoms with E-state index in [0.717, 1.165) is 12.8 Å². The monoisotopic (exact) mass is 860 g/mol. The third-order valence-electron chi connectivity index (χ3n) is 12.5. The summed E-state index contributed by atoms with van der Waals surface area (Å²) in [6.07, 6.45) is 3.93. The molecular formula is C43H55F3N4O9S. The number of sulfonamides is 1. The Bertz CT molecular complexity index is 2200. The van der Waals surface area contributed by atoms with E-state index in [1.54, 1.807) is 19.9 Å². The van der Waals surface area contributed by atoms with Crippen LogP contribution in [0, 0.1) is 24.2 Å². The molecule has 3 amide bonds. The van der Waals surface area contributed by atoms with Crippen molar-refractivity contribution >= 4 is 44.6 Å². The van der Waals surface area contributed by atoms with Crippen molar-refractivity contribution in [1.82, 2.24) is 19.9 Å². The summed E-state index contributed by atoms with van der Waals surface area (Å²) >= 11 is 0. The summed E-state index contributed by atoms with van der Waals surface area (Å²) in [6, 6.07) is 3.35. The first-order valence-electron chi connectivity index (χ1n) is 20.9. The second-order valence-corrected chi connectivity index (χ2v) is 21.1. The zero-order chi connectivity index (χ0) is 43.5. The van der Waals surface area contributed by atoms with Gasteiger partial charge in [-0.25, -0.2) is 13.4 Å². The SMILES string of the molecule is Cc1nc2ccc(OCC(F)(F)F)cc2c2c1O[C@]1(CC2)C[C@H]2C(=O)N[C@]3(C(=O)NS(=O)(=O)C4(C)CC4)C[C@H]3/C=C\CCCCC[C@H](CC(=O)OCC(C)(C)C)C(=O)N2C1. The van der Waals surface area contributed by atoms with Crippen molar-refractivity contribution in [3.63, 3.8) is 0 Å². The molecule has 3 fully saturated rings. The molecule has 2 aromatic rings. The van der Waals surface area contributed by atoms with E-state index in [-0.39, 0.29) is 43.6 Å². The fourth-order valence-electron chi connectivity index (χ4n) is 8.61. The predicted octanol–water partition coefficient (Wildman–Crippen LogP) is 6.14. The summed E-state index contributed by atoms with van der Waals surface area (Å²) in [5.74, 6) is -3.35. The van der Waals surface area contributed by atoms with Crippen LogP contribution < -0.4 is 19.5 Å². The van der Waals surface area contributed by atoms with Gasteiger partial charge >= 0.3 is 12.1 Å². The number of nitrogens with one attached hydrogen (secondary N) is 2. The summed E-state index contributed by atoms with van der Waals surface area (Å²) in [4.78, 5) is 62.9. The van der Waals surface area contributed by atoms with Crippen LogP contribution in [0.25, 0.3) is 10.9 Å². The fraction of sp³-hybridized carbons (Fsp3) is 0.651. The Morgan fingerprint density at radius 1 is 1.07 bits per heavy atom. The molecule has 2 saturated carbocycles. The number of aromatic nitrogens is 1. The maximum atomic E-state index is 14.8. The number of hydrogen-bond acceptors (Lipinski definition) is 10. The van der Waals surface area contributed by atoms with Gasteiger partial charge in [0.15, 0.2) is 6.61 Å². The molecule has 1 spiro atoms. The molecule has 0 bridgehead atoms. The highest BCUT2D eigenvalue weighted by Gasteiger charge is 2.64. The first kappa shape index (κ1) is 43.7. The maximum absolute atomic E-state index is 14.8. The minimum atomic E-state index is -4.53. The normalized spacial score (nSPS) is 28.5. The lowest BCUT2D eigenvalue weighted by Crippen LogP contribution is -2.57. The van der Waals surface area contributed by atoms with E-state index in [4.69, 9.17) is 14.2 Å². The third-order valence-corrected chi connectivity index (χ3v) is 14.7. The highest BCUT2D eigenvalue weighted by molar-refractivity contribution is 7.91. The third kappa shape index (κ3) is 9.25. The van der Waals surface area contributed by atoms with E-state index < -0.39 is 80.3 Å². The number of aryl methyl sites for hydroxylation is 2. The number of ether oxygens (including phenoxy) is 3. The molecule has 17 heteroatoms. The van der Waals surface area contributed by atoms with Gasteiger partial charge in [0, 0.05) is 29.2 Å². The Hall–Kier alpha value is -4.41. The largest absolute Gasteiger partial charge is 0.484 e. The zero-order valence-corrected chi connectivity index (χ0v) is 35.7. The van der Waals surface area contributed by atoms with Gasteiger partial charge in [-0.1, -0.05) is 45.8 Å². The van der Waals surface area contributed by atoms with Crippen molar-refractivity contribution in [1.29, 1.82) is 0 Å². The highest BCUT2D eigenvalue weighted by atomic mass is 32.2. The van der Waals surface area contributed by atoms with Crippen LogP contribution in [-0.2, 0) is 40.4 Å². The van der Waals surface area contributed by atoms with E-state index >= 15 is 0 Å². The lowest BCUT2D eigenvalue weighted by Gasteiger charge is -2.36. The molecular weight excluding hydrogens is 806 g/mol. The molecule has 2 N–H and O–H groups in total. The topological polar surface area (TPSA) is 170 Å². The van der Waals surface area contributed by atoms with Gasteiger partial charge in [0.2, 0.25) is 21.8 Å². The summed E-state index contributed by atoms with van der Waals surface area (Å²) in [6.45, 7) is 7.75. The average Bonchev–Trinajstić information content (AvgIpc) is 4.06. The molecule has 0 unspecified atom stereocenters. The molecule has 1 saturated heterocycles. The fourth-order valence-corrected chi connectivity index (χ4v) is 9.93. The number of benzene rings is 1. The number of amides is 3. The Balaban J connectivity index is 1.22. The summed E-state index contributed by atoms with van der Waals surface area (Å²) in [7, 11) is -4.04. The van der Waals surface area contributed by atoms with Crippen molar-refractivity contribution < 1.29 is 55.0 Å². The van der Waals surface area contributed by atoms with Crippen LogP contribution in [0.2, 0.25) is 0 Å². The number of nitrogens with zero attached hydrogens (tertiary/aromatic N) is 2. The Labute approximate surface area is 348 Å². The van der Waals surface area contributed by atoms with Crippen molar-refractivity contribution in [3.8, 4) is 11.5 Å². The average molecular weight is 861 g/mol.